The number of carbonyl (C=O) groups is 1. The maximum atomic E-state index is 12.4. The van der Waals surface area contributed by atoms with E-state index in [4.69, 9.17) is 9.47 Å². The van der Waals surface area contributed by atoms with Crippen LogP contribution in [-0.2, 0) is 20.7 Å². The molecule has 0 aliphatic rings. The summed E-state index contributed by atoms with van der Waals surface area (Å²) >= 11 is 0. The summed E-state index contributed by atoms with van der Waals surface area (Å²) in [5.41, 5.74) is 4.80. The second kappa shape index (κ2) is 16.5. The maximum absolute atomic E-state index is 12.4. The van der Waals surface area contributed by atoms with Crippen LogP contribution in [0.2, 0.25) is 0 Å². The van der Waals surface area contributed by atoms with E-state index in [0.717, 1.165) is 24.8 Å². The molecule has 2 atom stereocenters. The monoisotopic (exact) mass is 466 g/mol. The van der Waals surface area contributed by atoms with Gasteiger partial charge in [-0.2, -0.15) is 0 Å². The van der Waals surface area contributed by atoms with Crippen LogP contribution in [0, 0.1) is 0 Å². The van der Waals surface area contributed by atoms with Crippen LogP contribution in [0.15, 0.2) is 48.5 Å². The lowest BCUT2D eigenvalue weighted by atomic mass is 9.99. The summed E-state index contributed by atoms with van der Waals surface area (Å²) in [6, 6.07) is 17.2. The van der Waals surface area contributed by atoms with E-state index >= 15 is 0 Å². The van der Waals surface area contributed by atoms with Crippen molar-refractivity contribution in [3.63, 3.8) is 0 Å². The van der Waals surface area contributed by atoms with E-state index in [1.807, 2.05) is 19.1 Å². The molecule has 0 aliphatic carbocycles. The molecule has 2 aromatic carbocycles. The number of esters is 1. The van der Waals surface area contributed by atoms with Crippen LogP contribution in [0.5, 0.6) is 0 Å². The van der Waals surface area contributed by atoms with Crippen molar-refractivity contribution < 1.29 is 14.3 Å². The third-order valence-corrected chi connectivity index (χ3v) is 6.48. The van der Waals surface area contributed by atoms with Crippen molar-refractivity contribution in [2.75, 3.05) is 6.61 Å². The van der Waals surface area contributed by atoms with Gasteiger partial charge in [-0.05, 0) is 55.4 Å². The fraction of sp³-hybridized carbons (Fsp3) is 0.581. The molecular formula is C31H46O3. The van der Waals surface area contributed by atoms with Crippen molar-refractivity contribution in [2.24, 2.45) is 0 Å². The molecule has 0 fully saturated rings. The lowest BCUT2D eigenvalue weighted by Gasteiger charge is -2.18. The molecule has 0 spiro atoms. The number of ether oxygens (including phenoxy) is 2. The molecule has 0 radical (unpaired) electrons. The van der Waals surface area contributed by atoms with Gasteiger partial charge in [0.15, 0.2) is 6.10 Å². The summed E-state index contributed by atoms with van der Waals surface area (Å²) in [4.78, 5) is 12.4. The molecule has 0 aromatic heterocycles. The van der Waals surface area contributed by atoms with Crippen molar-refractivity contribution in [1.82, 2.24) is 0 Å². The molecule has 0 saturated carbocycles. The number of hydrogen-bond acceptors (Lipinski definition) is 3. The SMILES string of the molecule is CCCCCCCOC(C)C(=O)OC(C)c1ccc(-c2ccc(CCCCCCC)cc2)cc1. The number of hydrogen-bond donors (Lipinski definition) is 0. The third kappa shape index (κ3) is 10.4. The van der Waals surface area contributed by atoms with Crippen LogP contribution in [0.4, 0.5) is 0 Å². The minimum absolute atomic E-state index is 0.296. The van der Waals surface area contributed by atoms with E-state index < -0.39 is 6.10 Å². The average Bonchev–Trinajstić information content (AvgIpc) is 2.86. The van der Waals surface area contributed by atoms with Gasteiger partial charge in [0.05, 0.1) is 0 Å². The second-order valence-electron chi connectivity index (χ2n) is 9.49. The Morgan fingerprint density at radius 3 is 1.82 bits per heavy atom. The molecule has 2 rings (SSSR count). The lowest BCUT2D eigenvalue weighted by molar-refractivity contribution is -0.161. The molecule has 0 amide bonds. The predicted molar refractivity (Wildman–Crippen MR) is 143 cm³/mol. The van der Waals surface area contributed by atoms with Gasteiger partial charge in [0.2, 0.25) is 0 Å². The zero-order valence-corrected chi connectivity index (χ0v) is 22.0. The normalized spacial score (nSPS) is 12.9. The van der Waals surface area contributed by atoms with Crippen molar-refractivity contribution >= 4 is 5.97 Å². The van der Waals surface area contributed by atoms with Crippen LogP contribution in [0.25, 0.3) is 11.1 Å². The highest BCUT2D eigenvalue weighted by atomic mass is 16.6. The molecule has 0 heterocycles. The Labute approximate surface area is 208 Å². The van der Waals surface area contributed by atoms with E-state index in [1.54, 1.807) is 6.92 Å². The summed E-state index contributed by atoms with van der Waals surface area (Å²) in [5, 5.41) is 0. The second-order valence-corrected chi connectivity index (χ2v) is 9.49. The molecule has 0 bridgehead atoms. The smallest absolute Gasteiger partial charge is 0.335 e. The van der Waals surface area contributed by atoms with Crippen LogP contribution < -0.4 is 0 Å². The maximum Gasteiger partial charge on any atom is 0.335 e. The first kappa shape index (κ1) is 28.1. The van der Waals surface area contributed by atoms with Gasteiger partial charge < -0.3 is 9.47 Å². The fourth-order valence-electron chi connectivity index (χ4n) is 4.11. The number of aryl methyl sites for hydroxylation is 1. The molecule has 0 aliphatic heterocycles. The molecule has 34 heavy (non-hydrogen) atoms. The van der Waals surface area contributed by atoms with Crippen LogP contribution >= 0.6 is 0 Å². The molecule has 2 unspecified atom stereocenters. The number of rotatable bonds is 17. The largest absolute Gasteiger partial charge is 0.456 e. The van der Waals surface area contributed by atoms with Crippen LogP contribution in [-0.4, -0.2) is 18.7 Å². The Morgan fingerprint density at radius 1 is 0.706 bits per heavy atom. The summed E-state index contributed by atoms with van der Waals surface area (Å²) < 4.78 is 11.3. The topological polar surface area (TPSA) is 35.5 Å². The fourth-order valence-corrected chi connectivity index (χ4v) is 4.11. The summed E-state index contributed by atoms with van der Waals surface area (Å²) in [7, 11) is 0. The number of benzene rings is 2. The summed E-state index contributed by atoms with van der Waals surface area (Å²) in [5.74, 6) is -0.296. The Morgan fingerprint density at radius 2 is 1.24 bits per heavy atom. The lowest BCUT2D eigenvalue weighted by Crippen LogP contribution is -2.25. The Balaban J connectivity index is 1.78. The van der Waals surface area contributed by atoms with E-state index in [1.165, 1.54) is 68.1 Å². The Hall–Kier alpha value is -2.13. The predicted octanol–water partition coefficient (Wildman–Crippen LogP) is 8.85. The van der Waals surface area contributed by atoms with E-state index in [-0.39, 0.29) is 12.1 Å². The first-order valence-corrected chi connectivity index (χ1v) is 13.6. The van der Waals surface area contributed by atoms with E-state index in [2.05, 4.69) is 50.2 Å². The molecule has 2 aromatic rings. The minimum Gasteiger partial charge on any atom is -0.456 e. The van der Waals surface area contributed by atoms with Gasteiger partial charge in [-0.15, -0.1) is 0 Å². The molecule has 188 valence electrons. The van der Waals surface area contributed by atoms with E-state index in [9.17, 15) is 4.79 Å². The highest BCUT2D eigenvalue weighted by molar-refractivity contribution is 5.74. The first-order chi connectivity index (χ1) is 16.5. The standard InChI is InChI=1S/C31H46O3/c1-5-7-9-11-13-15-27-16-18-29(19-17-27)30-22-20-28(21-23-30)25(3)34-31(32)26(4)33-24-14-12-10-8-6-2/h16-23,25-26H,5-15,24H2,1-4H3. The van der Waals surface area contributed by atoms with Crippen molar-refractivity contribution in [2.45, 2.75) is 111 Å². The van der Waals surface area contributed by atoms with Gasteiger partial charge >= 0.3 is 5.97 Å². The van der Waals surface area contributed by atoms with Gasteiger partial charge in [0.1, 0.15) is 6.10 Å². The zero-order chi connectivity index (χ0) is 24.6. The zero-order valence-electron chi connectivity index (χ0n) is 22.0. The molecular weight excluding hydrogens is 420 g/mol. The van der Waals surface area contributed by atoms with Gasteiger partial charge in [-0.3, -0.25) is 0 Å². The quantitative estimate of drug-likeness (QED) is 0.172. The highest BCUT2D eigenvalue weighted by Crippen LogP contribution is 2.25. The minimum atomic E-state index is -0.530. The Bertz CT molecular complexity index is 794. The Kier molecular flexibility index (Phi) is 13.6. The van der Waals surface area contributed by atoms with Crippen molar-refractivity contribution in [3.05, 3.63) is 59.7 Å². The van der Waals surface area contributed by atoms with Crippen molar-refractivity contribution in [1.29, 1.82) is 0 Å². The van der Waals surface area contributed by atoms with Gasteiger partial charge in [-0.25, -0.2) is 4.79 Å². The summed E-state index contributed by atoms with van der Waals surface area (Å²) in [6.45, 7) is 8.77. The highest BCUT2D eigenvalue weighted by Gasteiger charge is 2.19. The van der Waals surface area contributed by atoms with Gasteiger partial charge in [0.25, 0.3) is 0 Å². The van der Waals surface area contributed by atoms with Gasteiger partial charge in [0, 0.05) is 6.61 Å². The van der Waals surface area contributed by atoms with Gasteiger partial charge in [-0.1, -0.05) is 114 Å². The molecule has 3 nitrogen and oxygen atoms in total. The molecule has 0 N–H and O–H groups in total. The van der Waals surface area contributed by atoms with Crippen LogP contribution in [0.3, 0.4) is 0 Å². The first-order valence-electron chi connectivity index (χ1n) is 13.6. The molecule has 0 saturated heterocycles. The van der Waals surface area contributed by atoms with Crippen molar-refractivity contribution in [3.8, 4) is 11.1 Å². The molecule has 3 heteroatoms. The number of unbranched alkanes of at least 4 members (excludes halogenated alkanes) is 8. The average molecular weight is 467 g/mol. The summed E-state index contributed by atoms with van der Waals surface area (Å²) in [6.07, 6.45) is 12.8. The van der Waals surface area contributed by atoms with Crippen LogP contribution in [0.1, 0.15) is 109 Å². The third-order valence-electron chi connectivity index (χ3n) is 6.48. The number of carbonyl (C=O) groups excluding carboxylic acids is 1. The van der Waals surface area contributed by atoms with E-state index in [0.29, 0.717) is 6.61 Å².